The van der Waals surface area contributed by atoms with E-state index in [4.69, 9.17) is 0 Å². The van der Waals surface area contributed by atoms with Gasteiger partial charge >= 0.3 is 0 Å². The van der Waals surface area contributed by atoms with E-state index in [-0.39, 0.29) is 0 Å². The molecule has 0 saturated carbocycles. The van der Waals surface area contributed by atoms with Crippen LogP contribution in [0.1, 0.15) is 6.92 Å². The summed E-state index contributed by atoms with van der Waals surface area (Å²) < 4.78 is 0. The molecule has 0 unspecified atom stereocenters. The maximum Gasteiger partial charge on any atom is 0.179 e. The van der Waals surface area contributed by atoms with Crippen LogP contribution < -0.4 is 10.9 Å². The summed E-state index contributed by atoms with van der Waals surface area (Å²) in [7, 11) is 0. The zero-order chi connectivity index (χ0) is 7.68. The molecule has 11 heavy (non-hydrogen) atoms. The van der Waals surface area contributed by atoms with Crippen molar-refractivity contribution in [2.24, 2.45) is 4.99 Å². The summed E-state index contributed by atoms with van der Waals surface area (Å²) in [5, 5.41) is 0. The number of rotatable bonds is 0. The molecule has 1 aromatic heterocycles. The van der Waals surface area contributed by atoms with Gasteiger partial charge < -0.3 is 0 Å². The zero-order valence-electron chi connectivity index (χ0n) is 6.13. The summed E-state index contributed by atoms with van der Waals surface area (Å²) in [6.45, 7) is 1.88. The molecule has 2 N–H and O–H groups in total. The van der Waals surface area contributed by atoms with E-state index in [9.17, 15) is 0 Å². The SMILES string of the molecule is CC1=Nc2ncccc2NN1. The Morgan fingerprint density at radius 2 is 2.27 bits per heavy atom. The minimum absolute atomic E-state index is 0.740. The molecule has 1 aliphatic heterocycles. The third-order valence-electron chi connectivity index (χ3n) is 1.44. The molecule has 4 nitrogen and oxygen atoms in total. The fourth-order valence-electron chi connectivity index (χ4n) is 0.928. The maximum atomic E-state index is 4.18. The molecule has 1 aliphatic rings. The minimum Gasteiger partial charge on any atom is -0.296 e. The molecule has 0 bridgehead atoms. The van der Waals surface area contributed by atoms with E-state index in [1.165, 1.54) is 0 Å². The van der Waals surface area contributed by atoms with Crippen LogP contribution in [-0.4, -0.2) is 10.8 Å². The van der Waals surface area contributed by atoms with Crippen LogP contribution in [0.5, 0.6) is 0 Å². The number of nitrogens with one attached hydrogen (secondary N) is 2. The number of nitrogens with zero attached hydrogens (tertiary/aromatic N) is 2. The van der Waals surface area contributed by atoms with Gasteiger partial charge in [-0.3, -0.25) is 10.9 Å². The van der Waals surface area contributed by atoms with Crippen molar-refractivity contribution in [3.8, 4) is 0 Å². The summed E-state index contributed by atoms with van der Waals surface area (Å²) >= 11 is 0. The smallest absolute Gasteiger partial charge is 0.179 e. The summed E-state index contributed by atoms with van der Waals surface area (Å²) in [6, 6.07) is 3.79. The van der Waals surface area contributed by atoms with Crippen LogP contribution in [0, 0.1) is 0 Å². The summed E-state index contributed by atoms with van der Waals surface area (Å²) in [5.74, 6) is 1.57. The number of hydrogen-bond acceptors (Lipinski definition) is 4. The number of anilines is 1. The predicted molar refractivity (Wildman–Crippen MR) is 43.8 cm³/mol. The van der Waals surface area contributed by atoms with Crippen LogP contribution in [0.15, 0.2) is 23.3 Å². The molecule has 0 amide bonds. The molecular formula is C7H8N4. The number of hydrazine groups is 1. The maximum absolute atomic E-state index is 4.18. The van der Waals surface area contributed by atoms with E-state index in [1.807, 2.05) is 19.1 Å². The normalized spacial score (nSPS) is 14.1. The predicted octanol–water partition coefficient (Wildman–Crippen LogP) is 1.06. The van der Waals surface area contributed by atoms with Crippen molar-refractivity contribution in [1.29, 1.82) is 0 Å². The molecule has 0 saturated heterocycles. The molecule has 4 heteroatoms. The number of fused-ring (bicyclic) bond motifs is 1. The molecule has 1 aromatic rings. The van der Waals surface area contributed by atoms with Gasteiger partial charge in [-0.05, 0) is 19.1 Å². The Morgan fingerprint density at radius 1 is 1.36 bits per heavy atom. The van der Waals surface area contributed by atoms with Gasteiger partial charge in [-0.25, -0.2) is 9.98 Å². The highest BCUT2D eigenvalue weighted by molar-refractivity contribution is 5.87. The second-order valence-corrected chi connectivity index (χ2v) is 2.32. The largest absolute Gasteiger partial charge is 0.296 e. The van der Waals surface area contributed by atoms with Crippen molar-refractivity contribution in [2.45, 2.75) is 6.92 Å². The monoisotopic (exact) mass is 148 g/mol. The lowest BCUT2D eigenvalue weighted by Crippen LogP contribution is -2.29. The standard InChI is InChI=1S/C7H8N4/c1-5-9-7-6(11-10-5)3-2-4-8-7/h2-4,11H,1H3,(H,8,9,10). The van der Waals surface area contributed by atoms with Gasteiger partial charge in [0.2, 0.25) is 0 Å². The van der Waals surface area contributed by atoms with E-state index in [0.29, 0.717) is 0 Å². The van der Waals surface area contributed by atoms with Crippen LogP contribution >= 0.6 is 0 Å². The molecule has 0 aromatic carbocycles. The lowest BCUT2D eigenvalue weighted by atomic mass is 10.4. The average molecular weight is 148 g/mol. The van der Waals surface area contributed by atoms with Crippen molar-refractivity contribution in [3.05, 3.63) is 18.3 Å². The van der Waals surface area contributed by atoms with E-state index >= 15 is 0 Å². The van der Waals surface area contributed by atoms with Gasteiger partial charge in [-0.1, -0.05) is 0 Å². The van der Waals surface area contributed by atoms with Crippen molar-refractivity contribution in [3.63, 3.8) is 0 Å². The number of aliphatic imine (C=N–C) groups is 1. The molecule has 0 aliphatic carbocycles. The highest BCUT2D eigenvalue weighted by Gasteiger charge is 2.06. The van der Waals surface area contributed by atoms with E-state index in [0.717, 1.165) is 17.3 Å². The first kappa shape index (κ1) is 6.15. The second kappa shape index (κ2) is 2.23. The van der Waals surface area contributed by atoms with Crippen LogP contribution in [0.25, 0.3) is 0 Å². The lowest BCUT2D eigenvalue weighted by molar-refractivity contribution is 1.05. The van der Waals surface area contributed by atoms with Crippen molar-refractivity contribution >= 4 is 17.3 Å². The Bertz CT molecular complexity index is 305. The second-order valence-electron chi connectivity index (χ2n) is 2.32. The Balaban J connectivity index is 2.51. The third kappa shape index (κ3) is 1.02. The van der Waals surface area contributed by atoms with Gasteiger partial charge in [0.15, 0.2) is 5.82 Å². The minimum atomic E-state index is 0.740. The van der Waals surface area contributed by atoms with Crippen LogP contribution in [-0.2, 0) is 0 Å². The Kier molecular flexibility index (Phi) is 1.25. The molecule has 56 valence electrons. The first-order valence-corrected chi connectivity index (χ1v) is 3.38. The highest BCUT2D eigenvalue weighted by Crippen LogP contribution is 2.22. The quantitative estimate of drug-likeness (QED) is 0.578. The van der Waals surface area contributed by atoms with E-state index in [2.05, 4.69) is 20.8 Å². The highest BCUT2D eigenvalue weighted by atomic mass is 15.4. The van der Waals surface area contributed by atoms with Crippen LogP contribution in [0.3, 0.4) is 0 Å². The van der Waals surface area contributed by atoms with Crippen molar-refractivity contribution in [2.75, 3.05) is 5.43 Å². The van der Waals surface area contributed by atoms with Crippen molar-refractivity contribution in [1.82, 2.24) is 10.4 Å². The topological polar surface area (TPSA) is 49.3 Å². The molecule has 2 rings (SSSR count). The van der Waals surface area contributed by atoms with Crippen molar-refractivity contribution < 1.29 is 0 Å². The number of pyridine rings is 1. The van der Waals surface area contributed by atoms with Gasteiger partial charge in [-0.2, -0.15) is 0 Å². The van der Waals surface area contributed by atoms with Crippen LogP contribution in [0.4, 0.5) is 11.5 Å². The summed E-state index contributed by atoms with van der Waals surface area (Å²) in [4.78, 5) is 8.26. The fourth-order valence-corrected chi connectivity index (χ4v) is 0.928. The zero-order valence-corrected chi connectivity index (χ0v) is 6.13. The first-order chi connectivity index (χ1) is 5.36. The molecule has 0 atom stereocenters. The number of aromatic nitrogens is 1. The summed E-state index contributed by atoms with van der Waals surface area (Å²) in [5.41, 5.74) is 6.78. The summed E-state index contributed by atoms with van der Waals surface area (Å²) in [6.07, 6.45) is 1.72. The Morgan fingerprint density at radius 3 is 3.18 bits per heavy atom. The number of hydrogen-bond donors (Lipinski definition) is 2. The molecular weight excluding hydrogens is 140 g/mol. The lowest BCUT2D eigenvalue weighted by Gasteiger charge is -2.15. The Hall–Kier alpha value is -1.58. The average Bonchev–Trinajstić information content (AvgIpc) is 2.04. The van der Waals surface area contributed by atoms with Gasteiger partial charge in [0.1, 0.15) is 5.84 Å². The van der Waals surface area contributed by atoms with E-state index < -0.39 is 0 Å². The van der Waals surface area contributed by atoms with Gasteiger partial charge in [0, 0.05) is 6.20 Å². The van der Waals surface area contributed by atoms with E-state index in [1.54, 1.807) is 6.20 Å². The van der Waals surface area contributed by atoms with Gasteiger partial charge in [0.05, 0.1) is 5.69 Å². The number of amidine groups is 1. The molecule has 0 fully saturated rings. The Labute approximate surface area is 64.3 Å². The first-order valence-electron chi connectivity index (χ1n) is 3.38. The molecule has 0 spiro atoms. The van der Waals surface area contributed by atoms with Gasteiger partial charge in [-0.15, -0.1) is 0 Å². The molecule has 2 heterocycles. The van der Waals surface area contributed by atoms with Crippen LogP contribution in [0.2, 0.25) is 0 Å². The molecule has 0 radical (unpaired) electrons. The fraction of sp³-hybridized carbons (Fsp3) is 0.143. The third-order valence-corrected chi connectivity index (χ3v) is 1.44. The van der Waals surface area contributed by atoms with Gasteiger partial charge in [0.25, 0.3) is 0 Å².